The van der Waals surface area contributed by atoms with Gasteiger partial charge in [0.1, 0.15) is 12.6 Å². The van der Waals surface area contributed by atoms with Crippen molar-refractivity contribution in [2.45, 2.75) is 70.7 Å². The standard InChI is InChI=1S/C23H33N3O6/c1-4-31-22(30)23(26-20(28)16(3)25-19(27)15(2)24)13-9-8-12-18(23)21(29)32-14-17-10-6-5-7-11-17/h5-7,10-11,15-16,18H,4,8-9,12-14,24H2,1-3H3,(H,25,27)(H,26,28)/t15-,16-,18?,23?/m0/s1. The normalized spacial score (nSPS) is 22.2. The van der Waals surface area contributed by atoms with Crippen LogP contribution in [-0.4, -0.2) is 48.0 Å². The summed E-state index contributed by atoms with van der Waals surface area (Å²) >= 11 is 0. The van der Waals surface area contributed by atoms with Crippen LogP contribution in [0.2, 0.25) is 0 Å². The maximum Gasteiger partial charge on any atom is 0.332 e. The SMILES string of the molecule is CCOC(=O)C1(NC(=O)[C@H](C)NC(=O)[C@H](C)N)CCCCC1C(=O)OCc1ccccc1. The summed E-state index contributed by atoms with van der Waals surface area (Å²) in [6, 6.07) is 7.45. The van der Waals surface area contributed by atoms with Crippen LogP contribution < -0.4 is 16.4 Å². The Kier molecular flexibility index (Phi) is 9.19. The Morgan fingerprint density at radius 3 is 2.41 bits per heavy atom. The van der Waals surface area contributed by atoms with Crippen molar-refractivity contribution < 1.29 is 28.7 Å². The fraction of sp³-hybridized carbons (Fsp3) is 0.565. The van der Waals surface area contributed by atoms with Crippen molar-refractivity contribution in [2.75, 3.05) is 6.61 Å². The highest BCUT2D eigenvalue weighted by atomic mass is 16.5. The molecule has 4 N–H and O–H groups in total. The van der Waals surface area contributed by atoms with Crippen LogP contribution in [0.4, 0.5) is 0 Å². The van der Waals surface area contributed by atoms with E-state index in [1.165, 1.54) is 13.8 Å². The smallest absolute Gasteiger partial charge is 0.332 e. The zero-order valence-corrected chi connectivity index (χ0v) is 18.9. The second-order valence-electron chi connectivity index (χ2n) is 8.09. The van der Waals surface area contributed by atoms with E-state index in [2.05, 4.69) is 10.6 Å². The van der Waals surface area contributed by atoms with Gasteiger partial charge in [0, 0.05) is 0 Å². The third-order valence-corrected chi connectivity index (χ3v) is 5.57. The molecule has 176 valence electrons. The topological polar surface area (TPSA) is 137 Å². The minimum atomic E-state index is -1.56. The molecule has 1 aliphatic rings. The van der Waals surface area contributed by atoms with Gasteiger partial charge in [0.2, 0.25) is 11.8 Å². The maximum absolute atomic E-state index is 13.0. The molecule has 0 heterocycles. The van der Waals surface area contributed by atoms with E-state index in [1.807, 2.05) is 30.3 Å². The number of amides is 2. The predicted octanol–water partition coefficient (Wildman–Crippen LogP) is 1.19. The average Bonchev–Trinajstić information content (AvgIpc) is 2.78. The van der Waals surface area contributed by atoms with E-state index in [0.29, 0.717) is 19.3 Å². The molecule has 1 aromatic carbocycles. The van der Waals surface area contributed by atoms with E-state index in [-0.39, 0.29) is 19.6 Å². The maximum atomic E-state index is 13.0. The molecule has 0 bridgehead atoms. The molecule has 0 radical (unpaired) electrons. The summed E-state index contributed by atoms with van der Waals surface area (Å²) in [5, 5.41) is 5.22. The molecule has 1 fully saturated rings. The van der Waals surface area contributed by atoms with Gasteiger partial charge in [-0.2, -0.15) is 0 Å². The van der Waals surface area contributed by atoms with Gasteiger partial charge in [-0.15, -0.1) is 0 Å². The molecule has 1 saturated carbocycles. The molecule has 32 heavy (non-hydrogen) atoms. The summed E-state index contributed by atoms with van der Waals surface area (Å²) in [7, 11) is 0. The number of esters is 2. The van der Waals surface area contributed by atoms with Gasteiger partial charge in [0.25, 0.3) is 0 Å². The fourth-order valence-electron chi connectivity index (χ4n) is 3.76. The molecule has 0 aliphatic heterocycles. The number of hydrogen-bond donors (Lipinski definition) is 3. The molecule has 4 atom stereocenters. The van der Waals surface area contributed by atoms with Crippen LogP contribution in [0.5, 0.6) is 0 Å². The monoisotopic (exact) mass is 447 g/mol. The van der Waals surface area contributed by atoms with Gasteiger partial charge in [-0.3, -0.25) is 14.4 Å². The summed E-state index contributed by atoms with van der Waals surface area (Å²) in [6.45, 7) is 4.80. The lowest BCUT2D eigenvalue weighted by atomic mass is 9.72. The quantitative estimate of drug-likeness (QED) is 0.484. The van der Waals surface area contributed by atoms with Crippen molar-refractivity contribution in [3.63, 3.8) is 0 Å². The van der Waals surface area contributed by atoms with Crippen LogP contribution in [0.1, 0.15) is 52.0 Å². The minimum absolute atomic E-state index is 0.0594. The molecule has 9 heteroatoms. The van der Waals surface area contributed by atoms with Gasteiger partial charge >= 0.3 is 11.9 Å². The fourth-order valence-corrected chi connectivity index (χ4v) is 3.76. The molecule has 2 unspecified atom stereocenters. The number of hydrogen-bond acceptors (Lipinski definition) is 7. The van der Waals surface area contributed by atoms with Gasteiger partial charge in [-0.05, 0) is 39.2 Å². The Morgan fingerprint density at radius 1 is 1.09 bits per heavy atom. The third kappa shape index (κ3) is 6.29. The Labute approximate surface area is 188 Å². The highest BCUT2D eigenvalue weighted by Gasteiger charge is 2.53. The second kappa shape index (κ2) is 11.6. The first kappa shape index (κ1) is 25.3. The first-order valence-corrected chi connectivity index (χ1v) is 11.0. The number of nitrogens with two attached hydrogens (primary N) is 1. The van der Waals surface area contributed by atoms with Crippen LogP contribution in [0, 0.1) is 5.92 Å². The van der Waals surface area contributed by atoms with E-state index < -0.39 is 47.3 Å². The van der Waals surface area contributed by atoms with Crippen molar-refractivity contribution in [1.29, 1.82) is 0 Å². The van der Waals surface area contributed by atoms with Gasteiger partial charge in [0.15, 0.2) is 5.54 Å². The molecule has 1 aromatic rings. The Hall–Kier alpha value is -2.94. The van der Waals surface area contributed by atoms with Gasteiger partial charge in [-0.1, -0.05) is 43.2 Å². The zero-order chi connectivity index (χ0) is 23.7. The predicted molar refractivity (Wildman–Crippen MR) is 117 cm³/mol. The summed E-state index contributed by atoms with van der Waals surface area (Å²) in [4.78, 5) is 50.9. The van der Waals surface area contributed by atoms with Gasteiger partial charge in [-0.25, -0.2) is 4.79 Å². The van der Waals surface area contributed by atoms with E-state index >= 15 is 0 Å². The Balaban J connectivity index is 2.23. The number of nitrogens with one attached hydrogen (secondary N) is 2. The van der Waals surface area contributed by atoms with Crippen molar-refractivity contribution in [1.82, 2.24) is 10.6 Å². The molecular formula is C23H33N3O6. The molecule has 2 rings (SSSR count). The average molecular weight is 448 g/mol. The summed E-state index contributed by atoms with van der Waals surface area (Å²) in [5.74, 6) is -3.26. The minimum Gasteiger partial charge on any atom is -0.464 e. The highest BCUT2D eigenvalue weighted by Crippen LogP contribution is 2.36. The molecule has 9 nitrogen and oxygen atoms in total. The largest absolute Gasteiger partial charge is 0.464 e. The molecule has 2 amide bonds. The first-order chi connectivity index (χ1) is 15.2. The van der Waals surface area contributed by atoms with E-state index in [1.54, 1.807) is 6.92 Å². The van der Waals surface area contributed by atoms with Crippen LogP contribution in [0.25, 0.3) is 0 Å². The lowest BCUT2D eigenvalue weighted by Gasteiger charge is -2.41. The summed E-state index contributed by atoms with van der Waals surface area (Å²) in [5.41, 5.74) is 4.80. The van der Waals surface area contributed by atoms with Crippen LogP contribution in [0.3, 0.4) is 0 Å². The van der Waals surface area contributed by atoms with Gasteiger partial charge < -0.3 is 25.8 Å². The van der Waals surface area contributed by atoms with Crippen molar-refractivity contribution in [2.24, 2.45) is 11.7 Å². The number of rotatable bonds is 9. The lowest BCUT2D eigenvalue weighted by Crippen LogP contribution is -2.65. The third-order valence-electron chi connectivity index (χ3n) is 5.57. The first-order valence-electron chi connectivity index (χ1n) is 11.0. The molecular weight excluding hydrogens is 414 g/mol. The number of carbonyl (C=O) groups excluding carboxylic acids is 4. The molecule has 0 aromatic heterocycles. The molecule has 0 spiro atoms. The number of benzene rings is 1. The van der Waals surface area contributed by atoms with E-state index in [0.717, 1.165) is 5.56 Å². The Bertz CT molecular complexity index is 813. The second-order valence-corrected chi connectivity index (χ2v) is 8.09. The highest BCUT2D eigenvalue weighted by molar-refractivity contribution is 5.96. The van der Waals surface area contributed by atoms with Crippen LogP contribution in [-0.2, 0) is 35.3 Å². The van der Waals surface area contributed by atoms with Crippen LogP contribution >= 0.6 is 0 Å². The summed E-state index contributed by atoms with van der Waals surface area (Å²) in [6.07, 6.45) is 1.94. The summed E-state index contributed by atoms with van der Waals surface area (Å²) < 4.78 is 10.8. The van der Waals surface area contributed by atoms with E-state index in [9.17, 15) is 19.2 Å². The zero-order valence-electron chi connectivity index (χ0n) is 18.9. The van der Waals surface area contributed by atoms with Crippen molar-refractivity contribution >= 4 is 23.8 Å². The number of carbonyl (C=O) groups is 4. The number of ether oxygens (including phenoxy) is 2. The van der Waals surface area contributed by atoms with Crippen molar-refractivity contribution in [3.8, 4) is 0 Å². The molecule has 1 aliphatic carbocycles. The Morgan fingerprint density at radius 2 is 1.78 bits per heavy atom. The van der Waals surface area contributed by atoms with Crippen LogP contribution in [0.15, 0.2) is 30.3 Å². The van der Waals surface area contributed by atoms with Gasteiger partial charge in [0.05, 0.1) is 18.6 Å². The van der Waals surface area contributed by atoms with Crippen molar-refractivity contribution in [3.05, 3.63) is 35.9 Å². The lowest BCUT2D eigenvalue weighted by molar-refractivity contribution is -0.169. The van der Waals surface area contributed by atoms with E-state index in [4.69, 9.17) is 15.2 Å². The molecule has 0 saturated heterocycles.